The normalized spacial score (nSPS) is 13.3. The van der Waals surface area contributed by atoms with E-state index in [1.165, 1.54) is 199 Å². The van der Waals surface area contributed by atoms with Gasteiger partial charge in [-0.1, -0.05) is 282 Å². The number of allylic oxidation sites excluding steroid dienone is 6. The molecule has 0 rings (SSSR count). The topological polar surface area (TPSA) is 95.9 Å². The van der Waals surface area contributed by atoms with Crippen molar-refractivity contribution in [2.75, 3.05) is 6.61 Å². The third-order valence-corrected chi connectivity index (χ3v) is 13.5. The van der Waals surface area contributed by atoms with Crippen molar-refractivity contribution in [3.05, 3.63) is 36.5 Å². The number of hydrogen-bond acceptors (Lipinski definition) is 5. The molecule has 3 unspecified atom stereocenters. The first kappa shape index (κ1) is 64.1. The van der Waals surface area contributed by atoms with Crippen LogP contribution in [0.3, 0.4) is 0 Å². The molecule has 388 valence electrons. The standard InChI is InChI=1S/C60H113NO5/c1-4-7-10-13-16-19-22-25-27-29-30-32-35-38-41-44-47-50-53-60(65)66-56(51-48-45-42-39-36-33-24-21-18-15-12-9-6-3)54-59(64)61-57(55-62)58(63)52-49-46-43-40-37-34-31-28-26-23-20-17-14-11-8-5-2/h22,25,27,29-30,32,56-58,62-63H,4-21,23-24,26,28,31,33-55H2,1-3H3,(H,61,64)/b25-22+,29-27+,32-30+. The summed E-state index contributed by atoms with van der Waals surface area (Å²) in [5.74, 6) is -0.480. The summed E-state index contributed by atoms with van der Waals surface area (Å²) in [6, 6.07) is -0.703. The predicted octanol–water partition coefficient (Wildman–Crippen LogP) is 18.0. The lowest BCUT2D eigenvalue weighted by molar-refractivity contribution is -0.151. The molecule has 3 atom stereocenters. The Morgan fingerprint density at radius 1 is 0.439 bits per heavy atom. The molecule has 0 radical (unpaired) electrons. The molecule has 0 bridgehead atoms. The second-order valence-corrected chi connectivity index (χ2v) is 20.1. The SMILES string of the molecule is CCCCCCC/C=C/C=C/C=C/CCCCCCCC(=O)OC(CCCCCCCCCCCCCCC)CC(=O)NC(CO)C(O)CCCCCCCCCCCCCCCCCC. The fourth-order valence-electron chi connectivity index (χ4n) is 9.08. The molecule has 0 aliphatic heterocycles. The van der Waals surface area contributed by atoms with Gasteiger partial charge in [-0.2, -0.15) is 0 Å². The summed E-state index contributed by atoms with van der Waals surface area (Å²) >= 11 is 0. The average molecular weight is 929 g/mol. The molecule has 0 aromatic heterocycles. The van der Waals surface area contributed by atoms with Crippen LogP contribution in [0.25, 0.3) is 0 Å². The molecule has 0 fully saturated rings. The molecule has 6 heteroatoms. The van der Waals surface area contributed by atoms with Crippen LogP contribution in [0.15, 0.2) is 36.5 Å². The highest BCUT2D eigenvalue weighted by Gasteiger charge is 2.24. The molecule has 0 aromatic rings. The number of aliphatic hydroxyl groups is 2. The lowest BCUT2D eigenvalue weighted by atomic mass is 10.0. The number of ether oxygens (including phenoxy) is 1. The number of carbonyl (C=O) groups excluding carboxylic acids is 2. The Labute approximate surface area is 411 Å². The van der Waals surface area contributed by atoms with Gasteiger partial charge < -0.3 is 20.3 Å². The molecule has 0 heterocycles. The van der Waals surface area contributed by atoms with Gasteiger partial charge in [-0.05, 0) is 51.4 Å². The highest BCUT2D eigenvalue weighted by Crippen LogP contribution is 2.19. The first-order valence-corrected chi connectivity index (χ1v) is 29.2. The fraction of sp³-hybridized carbons (Fsp3) is 0.867. The second-order valence-electron chi connectivity index (χ2n) is 20.1. The van der Waals surface area contributed by atoms with Crippen molar-refractivity contribution in [3.8, 4) is 0 Å². The number of hydrogen-bond donors (Lipinski definition) is 3. The summed E-state index contributed by atoms with van der Waals surface area (Å²) in [6.07, 6.45) is 64.9. The van der Waals surface area contributed by atoms with E-state index in [9.17, 15) is 19.8 Å². The summed E-state index contributed by atoms with van der Waals surface area (Å²) in [7, 11) is 0. The monoisotopic (exact) mass is 928 g/mol. The quantitative estimate of drug-likeness (QED) is 0.0321. The van der Waals surface area contributed by atoms with Crippen molar-refractivity contribution < 1.29 is 24.5 Å². The van der Waals surface area contributed by atoms with Crippen LogP contribution < -0.4 is 5.32 Å². The highest BCUT2D eigenvalue weighted by molar-refractivity contribution is 5.77. The molecular weight excluding hydrogens is 815 g/mol. The molecular formula is C60H113NO5. The molecule has 3 N–H and O–H groups in total. The Morgan fingerprint density at radius 2 is 0.773 bits per heavy atom. The Balaban J connectivity index is 4.53. The van der Waals surface area contributed by atoms with Gasteiger partial charge in [0.05, 0.1) is 25.2 Å². The van der Waals surface area contributed by atoms with Gasteiger partial charge in [0, 0.05) is 6.42 Å². The maximum Gasteiger partial charge on any atom is 0.306 e. The first-order chi connectivity index (χ1) is 32.5. The summed E-state index contributed by atoms with van der Waals surface area (Å²) < 4.78 is 5.96. The number of aliphatic hydroxyl groups excluding tert-OH is 2. The maximum absolute atomic E-state index is 13.3. The second kappa shape index (κ2) is 54.0. The van der Waals surface area contributed by atoms with Crippen LogP contribution in [-0.2, 0) is 14.3 Å². The third-order valence-electron chi connectivity index (χ3n) is 13.5. The van der Waals surface area contributed by atoms with Crippen molar-refractivity contribution in [1.82, 2.24) is 5.32 Å². The summed E-state index contributed by atoms with van der Waals surface area (Å²) in [4.78, 5) is 26.3. The van der Waals surface area contributed by atoms with E-state index in [0.717, 1.165) is 64.2 Å². The zero-order valence-corrected chi connectivity index (χ0v) is 44.3. The zero-order chi connectivity index (χ0) is 48.1. The molecule has 0 saturated carbocycles. The van der Waals surface area contributed by atoms with Crippen LogP contribution in [-0.4, -0.2) is 46.9 Å². The van der Waals surface area contributed by atoms with Crippen LogP contribution in [0.1, 0.15) is 310 Å². The van der Waals surface area contributed by atoms with E-state index in [1.807, 2.05) is 0 Å². The van der Waals surface area contributed by atoms with E-state index < -0.39 is 18.2 Å². The number of nitrogens with one attached hydrogen (secondary N) is 1. The Hall–Kier alpha value is -1.92. The number of esters is 1. The van der Waals surface area contributed by atoms with Crippen LogP contribution in [0, 0.1) is 0 Å². The van der Waals surface area contributed by atoms with Crippen molar-refractivity contribution in [3.63, 3.8) is 0 Å². The Kier molecular flexibility index (Phi) is 52.5. The van der Waals surface area contributed by atoms with E-state index in [2.05, 4.69) is 62.5 Å². The number of amides is 1. The van der Waals surface area contributed by atoms with E-state index >= 15 is 0 Å². The molecule has 1 amide bonds. The van der Waals surface area contributed by atoms with Gasteiger partial charge in [-0.25, -0.2) is 0 Å². The van der Waals surface area contributed by atoms with Gasteiger partial charge in [-0.15, -0.1) is 0 Å². The van der Waals surface area contributed by atoms with Gasteiger partial charge in [-0.3, -0.25) is 9.59 Å². The van der Waals surface area contributed by atoms with Crippen molar-refractivity contribution in [1.29, 1.82) is 0 Å². The highest BCUT2D eigenvalue weighted by atomic mass is 16.5. The van der Waals surface area contributed by atoms with E-state index in [4.69, 9.17) is 4.74 Å². The first-order valence-electron chi connectivity index (χ1n) is 29.2. The molecule has 66 heavy (non-hydrogen) atoms. The molecule has 0 aromatic carbocycles. The molecule has 0 spiro atoms. The summed E-state index contributed by atoms with van der Waals surface area (Å²) in [5, 5.41) is 23.9. The Bertz CT molecular complexity index is 1090. The summed E-state index contributed by atoms with van der Waals surface area (Å²) in [5.41, 5.74) is 0. The van der Waals surface area contributed by atoms with Crippen LogP contribution in [0.2, 0.25) is 0 Å². The van der Waals surface area contributed by atoms with Gasteiger partial charge in [0.2, 0.25) is 5.91 Å². The van der Waals surface area contributed by atoms with Crippen molar-refractivity contribution in [2.45, 2.75) is 328 Å². The average Bonchev–Trinajstić information content (AvgIpc) is 3.31. The maximum atomic E-state index is 13.3. The van der Waals surface area contributed by atoms with Crippen LogP contribution >= 0.6 is 0 Å². The zero-order valence-electron chi connectivity index (χ0n) is 44.3. The number of rotatable bonds is 53. The number of unbranched alkanes of at least 4 members (excludes halogenated alkanes) is 37. The minimum absolute atomic E-state index is 0.0738. The Morgan fingerprint density at radius 3 is 1.15 bits per heavy atom. The minimum Gasteiger partial charge on any atom is -0.462 e. The van der Waals surface area contributed by atoms with E-state index in [-0.39, 0.29) is 24.9 Å². The van der Waals surface area contributed by atoms with Gasteiger partial charge >= 0.3 is 5.97 Å². The van der Waals surface area contributed by atoms with Crippen LogP contribution in [0.5, 0.6) is 0 Å². The minimum atomic E-state index is -0.789. The van der Waals surface area contributed by atoms with Crippen molar-refractivity contribution in [2.24, 2.45) is 0 Å². The largest absolute Gasteiger partial charge is 0.462 e. The van der Waals surface area contributed by atoms with Crippen LogP contribution in [0.4, 0.5) is 0 Å². The lowest BCUT2D eigenvalue weighted by Gasteiger charge is -2.24. The number of carbonyl (C=O) groups is 2. The van der Waals surface area contributed by atoms with Gasteiger partial charge in [0.1, 0.15) is 6.10 Å². The van der Waals surface area contributed by atoms with E-state index in [0.29, 0.717) is 19.3 Å². The van der Waals surface area contributed by atoms with Gasteiger partial charge in [0.15, 0.2) is 0 Å². The predicted molar refractivity (Wildman–Crippen MR) is 287 cm³/mol. The molecule has 0 saturated heterocycles. The third kappa shape index (κ3) is 48.5. The van der Waals surface area contributed by atoms with Gasteiger partial charge in [0.25, 0.3) is 0 Å². The van der Waals surface area contributed by atoms with Crippen molar-refractivity contribution >= 4 is 11.9 Å². The molecule has 6 nitrogen and oxygen atoms in total. The lowest BCUT2D eigenvalue weighted by Crippen LogP contribution is -2.46. The summed E-state index contributed by atoms with van der Waals surface area (Å²) in [6.45, 7) is 6.50. The molecule has 0 aliphatic carbocycles. The fourth-order valence-corrected chi connectivity index (χ4v) is 9.08. The smallest absolute Gasteiger partial charge is 0.306 e. The molecule has 0 aliphatic rings. The van der Waals surface area contributed by atoms with E-state index in [1.54, 1.807) is 0 Å².